The zero-order chi connectivity index (χ0) is 28.5. The van der Waals surface area contributed by atoms with Crippen LogP contribution in [0.15, 0.2) is 48.5 Å². The number of ether oxygens (including phenoxy) is 1. The maximum Gasteiger partial charge on any atom is 0.166 e. The summed E-state index contributed by atoms with van der Waals surface area (Å²) in [6, 6.07) is 13.0. The molecule has 2 atom stereocenters. The smallest absolute Gasteiger partial charge is 0.166 e. The lowest BCUT2D eigenvalue weighted by atomic mass is 9.88. The number of hydrogen-bond acceptors (Lipinski definition) is 1. The number of unbranched alkanes of at least 4 members (excludes halogenated alkanes) is 6. The summed E-state index contributed by atoms with van der Waals surface area (Å²) in [7, 11) is 0. The van der Waals surface area contributed by atoms with Crippen LogP contribution in [0.3, 0.4) is 0 Å². The molecule has 5 heteroatoms. The Morgan fingerprint density at radius 2 is 1.23 bits per heavy atom. The van der Waals surface area contributed by atoms with Gasteiger partial charge in [0, 0.05) is 17.0 Å². The Labute approximate surface area is 237 Å². The third-order valence-corrected chi connectivity index (χ3v) is 8.27. The zero-order valence-electron chi connectivity index (χ0n) is 23.9. The summed E-state index contributed by atoms with van der Waals surface area (Å²) in [5.74, 6) is -3.57. The van der Waals surface area contributed by atoms with Crippen molar-refractivity contribution in [2.75, 3.05) is 6.61 Å². The van der Waals surface area contributed by atoms with Crippen LogP contribution in [0.5, 0.6) is 0 Å². The van der Waals surface area contributed by atoms with Crippen molar-refractivity contribution in [3.8, 4) is 22.3 Å². The minimum atomic E-state index is -0.893. The second kappa shape index (κ2) is 14.8. The molecule has 1 fully saturated rings. The molecule has 0 spiro atoms. The van der Waals surface area contributed by atoms with Gasteiger partial charge in [-0.05, 0) is 54.4 Å². The molecule has 0 aliphatic carbocycles. The van der Waals surface area contributed by atoms with E-state index in [4.69, 9.17) is 4.74 Å². The summed E-state index contributed by atoms with van der Waals surface area (Å²) in [5, 5.41) is 0. The van der Waals surface area contributed by atoms with Crippen LogP contribution in [0.2, 0.25) is 0 Å². The van der Waals surface area contributed by atoms with Crippen LogP contribution in [0.4, 0.5) is 17.6 Å². The Balaban J connectivity index is 1.43. The molecule has 1 aliphatic heterocycles. The van der Waals surface area contributed by atoms with Gasteiger partial charge in [0.2, 0.25) is 0 Å². The Hall–Kier alpha value is -2.66. The van der Waals surface area contributed by atoms with E-state index in [2.05, 4.69) is 13.8 Å². The predicted octanol–water partition coefficient (Wildman–Crippen LogP) is 10.9. The third-order valence-electron chi connectivity index (χ3n) is 8.27. The molecule has 3 aromatic rings. The second-order valence-electron chi connectivity index (χ2n) is 11.2. The van der Waals surface area contributed by atoms with Gasteiger partial charge in [-0.3, -0.25) is 0 Å². The van der Waals surface area contributed by atoms with E-state index in [1.54, 1.807) is 48.5 Å². The van der Waals surface area contributed by atoms with Gasteiger partial charge in [-0.25, -0.2) is 17.6 Å². The van der Waals surface area contributed by atoms with Crippen LogP contribution < -0.4 is 0 Å². The zero-order valence-corrected chi connectivity index (χ0v) is 23.9. The highest BCUT2D eigenvalue weighted by atomic mass is 19.2. The topological polar surface area (TPSA) is 9.23 Å². The summed E-state index contributed by atoms with van der Waals surface area (Å²) in [5.41, 5.74) is 2.01. The molecule has 0 bridgehead atoms. The quantitative estimate of drug-likeness (QED) is 0.151. The van der Waals surface area contributed by atoms with Crippen LogP contribution in [-0.2, 0) is 11.2 Å². The maximum absolute atomic E-state index is 15.2. The normalized spacial score (nSPS) is 17.4. The molecule has 4 rings (SSSR count). The second-order valence-corrected chi connectivity index (χ2v) is 11.2. The number of rotatable bonds is 13. The number of halogens is 4. The molecule has 1 aliphatic rings. The summed E-state index contributed by atoms with van der Waals surface area (Å²) in [6.07, 6.45) is 12.1. The highest BCUT2D eigenvalue weighted by Gasteiger charge is 2.27. The molecule has 1 nitrogen and oxygen atoms in total. The van der Waals surface area contributed by atoms with Crippen molar-refractivity contribution >= 4 is 0 Å². The number of benzene rings is 3. The summed E-state index contributed by atoms with van der Waals surface area (Å²) < 4.78 is 66.1. The maximum atomic E-state index is 15.2. The standard InChI is InChI=1S/C35H42F4O/c1-3-5-7-8-10-11-26-18-20-29(33(37)32(26)36)24-13-15-25(16-14-24)30-21-22-31(35(39)34(30)38)27-17-19-28(40-23-27)12-9-6-4-2/h13-16,18,20-22,27-28H,3-12,17,19,23H2,1-2H3. The Morgan fingerprint density at radius 1 is 0.625 bits per heavy atom. The molecule has 0 N–H and O–H groups in total. The van der Waals surface area contributed by atoms with Crippen LogP contribution in [0, 0.1) is 23.3 Å². The fourth-order valence-corrected chi connectivity index (χ4v) is 5.76. The first-order valence-electron chi connectivity index (χ1n) is 15.1. The first-order chi connectivity index (χ1) is 19.4. The summed E-state index contributed by atoms with van der Waals surface area (Å²) in [6.45, 7) is 4.71. The van der Waals surface area contributed by atoms with Gasteiger partial charge in [-0.15, -0.1) is 0 Å². The van der Waals surface area contributed by atoms with Crippen LogP contribution in [-0.4, -0.2) is 12.7 Å². The largest absolute Gasteiger partial charge is 0.378 e. The van der Waals surface area contributed by atoms with E-state index in [0.29, 0.717) is 35.3 Å². The molecule has 216 valence electrons. The first-order valence-corrected chi connectivity index (χ1v) is 15.1. The fraction of sp³-hybridized carbons (Fsp3) is 0.486. The average molecular weight is 555 g/mol. The molecule has 0 aromatic heterocycles. The molecule has 1 heterocycles. The minimum absolute atomic E-state index is 0.145. The summed E-state index contributed by atoms with van der Waals surface area (Å²) in [4.78, 5) is 0. The van der Waals surface area contributed by atoms with Crippen molar-refractivity contribution in [1.29, 1.82) is 0 Å². The van der Waals surface area contributed by atoms with Crippen LogP contribution in [0.25, 0.3) is 22.3 Å². The minimum Gasteiger partial charge on any atom is -0.378 e. The van der Waals surface area contributed by atoms with Crippen molar-refractivity contribution in [3.05, 3.63) is 82.9 Å². The Kier molecular flexibility index (Phi) is 11.2. The predicted molar refractivity (Wildman–Crippen MR) is 155 cm³/mol. The monoisotopic (exact) mass is 554 g/mol. The summed E-state index contributed by atoms with van der Waals surface area (Å²) >= 11 is 0. The van der Waals surface area contributed by atoms with Gasteiger partial charge in [-0.1, -0.05) is 107 Å². The van der Waals surface area contributed by atoms with Gasteiger partial charge in [0.25, 0.3) is 0 Å². The van der Waals surface area contributed by atoms with E-state index >= 15 is 8.78 Å². The van der Waals surface area contributed by atoms with Gasteiger partial charge in [0.15, 0.2) is 23.3 Å². The van der Waals surface area contributed by atoms with Crippen LogP contribution in [0.1, 0.15) is 102 Å². The molecule has 1 saturated heterocycles. The lowest BCUT2D eigenvalue weighted by molar-refractivity contribution is -0.00277. The van der Waals surface area contributed by atoms with Crippen LogP contribution >= 0.6 is 0 Å². The molecular weight excluding hydrogens is 512 g/mol. The van der Waals surface area contributed by atoms with E-state index in [1.807, 2.05) is 0 Å². The molecule has 0 radical (unpaired) electrons. The molecule has 3 aromatic carbocycles. The molecule has 2 unspecified atom stereocenters. The molecule has 0 amide bonds. The SMILES string of the molecule is CCCCCCCc1ccc(-c2ccc(-c3ccc(C4CCC(CCCCC)OC4)c(F)c3F)cc2)c(F)c1F. The van der Waals surface area contributed by atoms with Gasteiger partial charge < -0.3 is 4.74 Å². The molecule has 40 heavy (non-hydrogen) atoms. The fourth-order valence-electron chi connectivity index (χ4n) is 5.76. The average Bonchev–Trinajstić information content (AvgIpc) is 2.97. The number of aryl methyl sites for hydroxylation is 1. The highest BCUT2D eigenvalue weighted by molar-refractivity contribution is 5.71. The highest BCUT2D eigenvalue weighted by Crippen LogP contribution is 2.36. The van der Waals surface area contributed by atoms with Crippen molar-refractivity contribution in [2.45, 2.75) is 103 Å². The third kappa shape index (κ3) is 7.34. The van der Waals surface area contributed by atoms with Crippen molar-refractivity contribution in [3.63, 3.8) is 0 Å². The van der Waals surface area contributed by atoms with Crippen molar-refractivity contribution in [2.24, 2.45) is 0 Å². The van der Waals surface area contributed by atoms with E-state index < -0.39 is 23.3 Å². The molecule has 0 saturated carbocycles. The molecular formula is C35H42F4O. The van der Waals surface area contributed by atoms with E-state index in [9.17, 15) is 8.78 Å². The van der Waals surface area contributed by atoms with Gasteiger partial charge >= 0.3 is 0 Å². The number of hydrogen-bond donors (Lipinski definition) is 0. The Morgan fingerprint density at radius 3 is 1.85 bits per heavy atom. The van der Waals surface area contributed by atoms with Crippen molar-refractivity contribution in [1.82, 2.24) is 0 Å². The van der Waals surface area contributed by atoms with Gasteiger partial charge in [0.05, 0.1) is 12.7 Å². The van der Waals surface area contributed by atoms with Crippen molar-refractivity contribution < 1.29 is 22.3 Å². The van der Waals surface area contributed by atoms with E-state index in [-0.39, 0.29) is 23.1 Å². The lowest BCUT2D eigenvalue weighted by Crippen LogP contribution is -2.25. The lowest BCUT2D eigenvalue weighted by Gasteiger charge is -2.29. The Bertz CT molecular complexity index is 1230. The van der Waals surface area contributed by atoms with Gasteiger partial charge in [0.1, 0.15) is 0 Å². The first kappa shape index (κ1) is 30.3. The van der Waals surface area contributed by atoms with E-state index in [1.165, 1.54) is 6.42 Å². The van der Waals surface area contributed by atoms with E-state index in [0.717, 1.165) is 64.2 Å². The van der Waals surface area contributed by atoms with Gasteiger partial charge in [-0.2, -0.15) is 0 Å².